The number of aryl methyl sites for hydroxylation is 3. The number of rotatable bonds is 5. The van der Waals surface area contributed by atoms with Crippen molar-refractivity contribution in [3.8, 4) is 17.2 Å². The van der Waals surface area contributed by atoms with Crippen molar-refractivity contribution in [3.63, 3.8) is 0 Å². The second kappa shape index (κ2) is 9.59. The molecule has 0 unspecified atom stereocenters. The summed E-state index contributed by atoms with van der Waals surface area (Å²) < 4.78 is 29.7. The van der Waals surface area contributed by atoms with Crippen LogP contribution in [0, 0.1) is 25.2 Å². The van der Waals surface area contributed by atoms with Crippen LogP contribution in [-0.2, 0) is 17.1 Å². The smallest absolute Gasteiger partial charge is 0.243 e. The Labute approximate surface area is 216 Å². The highest BCUT2D eigenvalue weighted by molar-refractivity contribution is 7.89. The van der Waals surface area contributed by atoms with E-state index >= 15 is 0 Å². The van der Waals surface area contributed by atoms with Gasteiger partial charge in [-0.1, -0.05) is 18.2 Å². The number of nitrogens with zero attached hydrogens (tertiary/aromatic N) is 5. The fourth-order valence-corrected chi connectivity index (χ4v) is 6.37. The Morgan fingerprint density at radius 2 is 1.86 bits per heavy atom. The number of β-amino-alcohol motifs (C(OH)–C–C–N with tert-alkyl or cyclic N) is 1. The number of fused-ring (bicyclic) bond motifs is 1. The van der Waals surface area contributed by atoms with Crippen LogP contribution in [0.15, 0.2) is 59.6 Å². The van der Waals surface area contributed by atoms with Crippen molar-refractivity contribution in [3.05, 3.63) is 71.5 Å². The summed E-state index contributed by atoms with van der Waals surface area (Å²) in [5, 5.41) is 28.4. The number of pyridine rings is 1. The summed E-state index contributed by atoms with van der Waals surface area (Å²) in [6.07, 6.45) is 1.34. The van der Waals surface area contributed by atoms with Crippen LogP contribution in [0.1, 0.15) is 23.2 Å². The lowest BCUT2D eigenvalue weighted by molar-refractivity contribution is 0.0949. The summed E-state index contributed by atoms with van der Waals surface area (Å²) in [5.74, 6) is 0.656. The predicted octanol–water partition coefficient (Wildman–Crippen LogP) is 3.36. The number of anilines is 1. The van der Waals surface area contributed by atoms with E-state index in [1.54, 1.807) is 35.1 Å². The molecule has 0 spiro atoms. The maximum Gasteiger partial charge on any atom is 0.243 e. The molecule has 190 valence electrons. The van der Waals surface area contributed by atoms with E-state index in [0.29, 0.717) is 24.5 Å². The van der Waals surface area contributed by atoms with Crippen molar-refractivity contribution in [2.24, 2.45) is 7.05 Å². The second-order valence-electron chi connectivity index (χ2n) is 9.49. The van der Waals surface area contributed by atoms with Crippen molar-refractivity contribution >= 4 is 26.7 Å². The van der Waals surface area contributed by atoms with Gasteiger partial charge in [0.2, 0.25) is 10.0 Å². The molecular formula is C27H28N6O3S. The van der Waals surface area contributed by atoms with Crippen LogP contribution in [-0.4, -0.2) is 57.8 Å². The number of nitrogens with one attached hydrogen (secondary N) is 1. The van der Waals surface area contributed by atoms with Gasteiger partial charge >= 0.3 is 0 Å². The maximum absolute atomic E-state index is 13.3. The Kier molecular flexibility index (Phi) is 6.45. The molecule has 37 heavy (non-hydrogen) atoms. The number of hydrogen-bond donors (Lipinski definition) is 2. The SMILES string of the molecule is Cc1ccc(N[C@@H]2CCN(S(=O)(=O)c3ccc(-c4cc(C)c5c(c4)c(C#N)nn5C)cc3)C[C@@H]2O)nc1. The van der Waals surface area contributed by atoms with Gasteiger partial charge in [-0.2, -0.15) is 14.7 Å². The molecule has 1 saturated heterocycles. The van der Waals surface area contributed by atoms with Crippen molar-refractivity contribution in [1.82, 2.24) is 19.1 Å². The molecule has 0 bridgehead atoms. The Balaban J connectivity index is 1.33. The standard InChI is InChI=1S/C27H28N6O3S/c1-17-4-9-26(29-15-17)30-23-10-11-33(16-25(23)34)37(35,36)21-7-5-19(6-8-21)20-12-18(2)27-22(13-20)24(14-28)31-32(27)3/h4-9,12-13,15,23,25,34H,10-11,16H2,1-3H3,(H,29,30)/t23-,25+/m1/s1. The van der Waals surface area contributed by atoms with E-state index in [2.05, 4.69) is 21.5 Å². The minimum atomic E-state index is -3.77. The van der Waals surface area contributed by atoms with E-state index in [9.17, 15) is 18.8 Å². The zero-order valence-corrected chi connectivity index (χ0v) is 21.7. The average molecular weight is 517 g/mol. The molecular weight excluding hydrogens is 488 g/mol. The van der Waals surface area contributed by atoms with Crippen LogP contribution in [0.4, 0.5) is 5.82 Å². The number of aromatic nitrogens is 3. The number of sulfonamides is 1. The molecule has 5 rings (SSSR count). The van der Waals surface area contributed by atoms with Gasteiger partial charge in [-0.3, -0.25) is 4.68 Å². The lowest BCUT2D eigenvalue weighted by atomic mass is 10.00. The van der Waals surface area contributed by atoms with Gasteiger partial charge in [0.15, 0.2) is 5.69 Å². The van der Waals surface area contributed by atoms with Gasteiger partial charge in [-0.15, -0.1) is 0 Å². The van der Waals surface area contributed by atoms with E-state index in [0.717, 1.165) is 33.2 Å². The van der Waals surface area contributed by atoms with Crippen molar-refractivity contribution in [2.75, 3.05) is 18.4 Å². The van der Waals surface area contributed by atoms with E-state index in [1.807, 2.05) is 45.2 Å². The monoisotopic (exact) mass is 516 g/mol. The highest BCUT2D eigenvalue weighted by atomic mass is 32.2. The highest BCUT2D eigenvalue weighted by Crippen LogP contribution is 2.31. The normalized spacial score (nSPS) is 18.6. The average Bonchev–Trinajstić information content (AvgIpc) is 3.22. The van der Waals surface area contributed by atoms with E-state index in [1.165, 1.54) is 4.31 Å². The minimum Gasteiger partial charge on any atom is -0.390 e. The van der Waals surface area contributed by atoms with Crippen LogP contribution < -0.4 is 5.32 Å². The minimum absolute atomic E-state index is 0.00141. The fraction of sp³-hybridized carbons (Fsp3) is 0.296. The van der Waals surface area contributed by atoms with E-state index in [-0.39, 0.29) is 17.5 Å². The molecule has 1 fully saturated rings. The fourth-order valence-electron chi connectivity index (χ4n) is 4.89. The summed E-state index contributed by atoms with van der Waals surface area (Å²) >= 11 is 0. The molecule has 4 aromatic rings. The Morgan fingerprint density at radius 1 is 1.11 bits per heavy atom. The van der Waals surface area contributed by atoms with Crippen LogP contribution in [0.5, 0.6) is 0 Å². The third-order valence-corrected chi connectivity index (χ3v) is 8.73. The molecule has 2 aromatic carbocycles. The molecule has 0 amide bonds. The summed E-state index contributed by atoms with van der Waals surface area (Å²) in [4.78, 5) is 4.49. The van der Waals surface area contributed by atoms with Crippen molar-refractivity contribution in [1.29, 1.82) is 5.26 Å². The van der Waals surface area contributed by atoms with Crippen LogP contribution in [0.3, 0.4) is 0 Å². The van der Waals surface area contributed by atoms with E-state index < -0.39 is 16.1 Å². The van der Waals surface area contributed by atoms with Gasteiger partial charge in [0.1, 0.15) is 11.9 Å². The maximum atomic E-state index is 13.3. The summed E-state index contributed by atoms with van der Waals surface area (Å²) in [5.41, 5.74) is 4.99. The number of nitriles is 1. The first kappa shape index (κ1) is 24.9. The molecule has 2 aromatic heterocycles. The van der Waals surface area contributed by atoms with Crippen LogP contribution >= 0.6 is 0 Å². The lowest BCUT2D eigenvalue weighted by Crippen LogP contribution is -2.51. The Morgan fingerprint density at radius 3 is 2.51 bits per heavy atom. The first-order valence-electron chi connectivity index (χ1n) is 12.0. The van der Waals surface area contributed by atoms with Gasteiger partial charge in [0.05, 0.1) is 22.6 Å². The first-order valence-corrected chi connectivity index (χ1v) is 13.5. The molecule has 2 N–H and O–H groups in total. The van der Waals surface area contributed by atoms with Gasteiger partial charge in [-0.05, 0) is 72.9 Å². The summed E-state index contributed by atoms with van der Waals surface area (Å²) in [6, 6.07) is 16.3. The lowest BCUT2D eigenvalue weighted by Gasteiger charge is -2.35. The number of hydrogen-bond acceptors (Lipinski definition) is 7. The molecule has 3 heterocycles. The zero-order valence-electron chi connectivity index (χ0n) is 20.9. The largest absolute Gasteiger partial charge is 0.390 e. The van der Waals surface area contributed by atoms with Gasteiger partial charge in [0, 0.05) is 31.7 Å². The topological polar surface area (TPSA) is 124 Å². The van der Waals surface area contributed by atoms with Gasteiger partial charge in [-0.25, -0.2) is 13.4 Å². The first-order chi connectivity index (χ1) is 17.7. The summed E-state index contributed by atoms with van der Waals surface area (Å²) in [7, 11) is -1.96. The quantitative estimate of drug-likeness (QED) is 0.417. The van der Waals surface area contributed by atoms with Crippen molar-refractivity contribution < 1.29 is 13.5 Å². The number of benzene rings is 2. The highest BCUT2D eigenvalue weighted by Gasteiger charge is 2.35. The molecule has 0 aliphatic carbocycles. The van der Waals surface area contributed by atoms with Gasteiger partial charge < -0.3 is 10.4 Å². The molecule has 0 radical (unpaired) electrons. The van der Waals surface area contributed by atoms with E-state index in [4.69, 9.17) is 0 Å². The second-order valence-corrected chi connectivity index (χ2v) is 11.4. The third-order valence-electron chi connectivity index (χ3n) is 6.85. The molecule has 10 heteroatoms. The Hall–Kier alpha value is -3.78. The van der Waals surface area contributed by atoms with Crippen molar-refractivity contribution in [2.45, 2.75) is 37.3 Å². The van der Waals surface area contributed by atoms with Gasteiger partial charge in [0.25, 0.3) is 0 Å². The van der Waals surface area contributed by atoms with Crippen LogP contribution in [0.25, 0.3) is 22.0 Å². The zero-order chi connectivity index (χ0) is 26.3. The molecule has 0 saturated carbocycles. The molecule has 1 aliphatic rings. The number of aliphatic hydroxyl groups is 1. The molecule has 9 nitrogen and oxygen atoms in total. The number of aliphatic hydroxyl groups excluding tert-OH is 1. The summed E-state index contributed by atoms with van der Waals surface area (Å²) in [6.45, 7) is 4.21. The Bertz CT molecular complexity index is 1610. The van der Waals surface area contributed by atoms with Crippen LogP contribution in [0.2, 0.25) is 0 Å². The molecule has 1 aliphatic heterocycles. The predicted molar refractivity (Wildman–Crippen MR) is 141 cm³/mol. The molecule has 2 atom stereocenters. The third kappa shape index (κ3) is 4.69. The number of piperidine rings is 1.